The second kappa shape index (κ2) is 9.39. The third-order valence-corrected chi connectivity index (χ3v) is 6.24. The van der Waals surface area contributed by atoms with Crippen LogP contribution in [0, 0.1) is 12.8 Å². The van der Waals surface area contributed by atoms with Gasteiger partial charge in [-0.15, -0.1) is 11.8 Å². The molecule has 0 aromatic heterocycles. The molecule has 0 fully saturated rings. The Morgan fingerprint density at radius 1 is 1.04 bits per heavy atom. The lowest BCUT2D eigenvalue weighted by atomic mass is 10.0. The van der Waals surface area contributed by atoms with Gasteiger partial charge in [0.2, 0.25) is 15.9 Å². The summed E-state index contributed by atoms with van der Waals surface area (Å²) in [4.78, 5) is 14.0. The Labute approximate surface area is 166 Å². The minimum Gasteiger partial charge on any atom is -0.325 e. The minimum atomic E-state index is -3.78. The lowest BCUT2D eigenvalue weighted by Crippen LogP contribution is -2.44. The van der Waals surface area contributed by atoms with Gasteiger partial charge in [-0.2, -0.15) is 4.72 Å². The van der Waals surface area contributed by atoms with Crippen molar-refractivity contribution in [2.75, 3.05) is 11.6 Å². The minimum absolute atomic E-state index is 0.152. The predicted molar refractivity (Wildman–Crippen MR) is 112 cm³/mol. The number of hydrogen-bond donors (Lipinski definition) is 2. The fourth-order valence-corrected chi connectivity index (χ4v) is 4.17. The smallest absolute Gasteiger partial charge is 0.242 e. The molecule has 0 heterocycles. The number of nitrogens with one attached hydrogen (secondary N) is 2. The molecule has 0 aliphatic rings. The zero-order valence-corrected chi connectivity index (χ0v) is 17.7. The van der Waals surface area contributed by atoms with Gasteiger partial charge in [0, 0.05) is 10.6 Å². The fourth-order valence-electron chi connectivity index (χ4n) is 2.56. The van der Waals surface area contributed by atoms with E-state index in [0.717, 1.165) is 10.5 Å². The van der Waals surface area contributed by atoms with Gasteiger partial charge in [-0.25, -0.2) is 8.42 Å². The van der Waals surface area contributed by atoms with Crippen molar-refractivity contribution in [1.29, 1.82) is 0 Å². The Hall–Kier alpha value is -1.83. The van der Waals surface area contributed by atoms with Crippen molar-refractivity contribution in [3.8, 4) is 0 Å². The molecule has 1 atom stereocenters. The molecule has 5 nitrogen and oxygen atoms in total. The molecule has 2 rings (SSSR count). The summed E-state index contributed by atoms with van der Waals surface area (Å²) in [7, 11) is -3.78. The quantitative estimate of drug-likeness (QED) is 0.649. The van der Waals surface area contributed by atoms with Crippen LogP contribution in [0.5, 0.6) is 0 Å². The summed E-state index contributed by atoms with van der Waals surface area (Å²) in [6, 6.07) is 13.2. The first kappa shape index (κ1) is 21.5. The maximum Gasteiger partial charge on any atom is 0.242 e. The third kappa shape index (κ3) is 6.37. The van der Waals surface area contributed by atoms with Gasteiger partial charge < -0.3 is 5.32 Å². The molecule has 0 aliphatic heterocycles. The van der Waals surface area contributed by atoms with E-state index in [4.69, 9.17) is 0 Å². The normalized spacial score (nSPS) is 12.8. The van der Waals surface area contributed by atoms with Crippen molar-refractivity contribution in [1.82, 2.24) is 4.72 Å². The molecule has 0 aliphatic carbocycles. The number of amides is 1. The third-order valence-electron chi connectivity index (χ3n) is 4.01. The van der Waals surface area contributed by atoms with Crippen LogP contribution in [0.4, 0.5) is 5.69 Å². The van der Waals surface area contributed by atoms with Gasteiger partial charge in [0.05, 0.1) is 4.90 Å². The van der Waals surface area contributed by atoms with Crippen LogP contribution in [0.25, 0.3) is 0 Å². The van der Waals surface area contributed by atoms with Gasteiger partial charge in [0.15, 0.2) is 0 Å². The average molecular weight is 407 g/mol. The van der Waals surface area contributed by atoms with Crippen LogP contribution in [0.15, 0.2) is 58.3 Å². The van der Waals surface area contributed by atoms with Crippen LogP contribution >= 0.6 is 11.8 Å². The SMILES string of the molecule is CSc1ccc(NC(=O)[C@@H](CC(C)C)NS(=O)(=O)c2ccc(C)cc2)cc1. The van der Waals surface area contributed by atoms with Gasteiger partial charge in [-0.1, -0.05) is 31.5 Å². The number of anilines is 1. The first-order chi connectivity index (χ1) is 12.7. The summed E-state index contributed by atoms with van der Waals surface area (Å²) in [5, 5.41) is 2.81. The molecule has 0 saturated heterocycles. The molecule has 0 radical (unpaired) electrons. The van der Waals surface area contributed by atoms with Gasteiger partial charge in [0.1, 0.15) is 6.04 Å². The Kier molecular flexibility index (Phi) is 7.47. The number of benzene rings is 2. The fraction of sp³-hybridized carbons (Fsp3) is 0.350. The van der Waals surface area contributed by atoms with E-state index in [2.05, 4.69) is 10.0 Å². The molecule has 2 N–H and O–H groups in total. The van der Waals surface area contributed by atoms with Crippen LogP contribution in [-0.4, -0.2) is 26.6 Å². The topological polar surface area (TPSA) is 75.3 Å². The summed E-state index contributed by atoms with van der Waals surface area (Å²) < 4.78 is 27.9. The van der Waals surface area contributed by atoms with Gasteiger partial charge in [-0.3, -0.25) is 4.79 Å². The monoisotopic (exact) mass is 406 g/mol. The van der Waals surface area contributed by atoms with E-state index < -0.39 is 16.1 Å². The van der Waals surface area contributed by atoms with Crippen LogP contribution in [0.1, 0.15) is 25.8 Å². The van der Waals surface area contributed by atoms with E-state index in [1.165, 1.54) is 0 Å². The van der Waals surface area contributed by atoms with Crippen molar-refractivity contribution in [3.63, 3.8) is 0 Å². The standard InChI is InChI=1S/C20H26N2O3S2/c1-14(2)13-19(20(23)21-16-7-9-17(26-4)10-8-16)22-27(24,25)18-11-5-15(3)6-12-18/h5-12,14,19,22H,13H2,1-4H3,(H,21,23)/t19-/m1/s1. The summed E-state index contributed by atoms with van der Waals surface area (Å²) in [6.45, 7) is 5.79. The number of sulfonamides is 1. The highest BCUT2D eigenvalue weighted by molar-refractivity contribution is 7.98. The second-order valence-corrected chi connectivity index (χ2v) is 9.43. The highest BCUT2D eigenvalue weighted by atomic mass is 32.2. The molecular formula is C20H26N2O3S2. The second-order valence-electron chi connectivity index (χ2n) is 6.83. The van der Waals surface area contributed by atoms with Crippen LogP contribution in [-0.2, 0) is 14.8 Å². The number of thioether (sulfide) groups is 1. The Balaban J connectivity index is 2.17. The van der Waals surface area contributed by atoms with E-state index in [-0.39, 0.29) is 16.7 Å². The molecule has 146 valence electrons. The first-order valence-electron chi connectivity index (χ1n) is 8.75. The molecule has 0 unspecified atom stereocenters. The molecule has 7 heteroatoms. The van der Waals surface area contributed by atoms with E-state index in [9.17, 15) is 13.2 Å². The van der Waals surface area contributed by atoms with E-state index >= 15 is 0 Å². The highest BCUT2D eigenvalue weighted by Crippen LogP contribution is 2.19. The molecule has 2 aromatic rings. The van der Waals surface area contributed by atoms with E-state index in [1.54, 1.807) is 36.0 Å². The maximum atomic E-state index is 12.7. The zero-order valence-electron chi connectivity index (χ0n) is 16.0. The van der Waals surface area contributed by atoms with Crippen molar-refractivity contribution < 1.29 is 13.2 Å². The Bertz CT molecular complexity index is 861. The van der Waals surface area contributed by atoms with Crippen molar-refractivity contribution >= 4 is 33.4 Å². The lowest BCUT2D eigenvalue weighted by Gasteiger charge is -2.20. The Morgan fingerprint density at radius 2 is 1.63 bits per heavy atom. The average Bonchev–Trinajstić information content (AvgIpc) is 2.61. The molecule has 27 heavy (non-hydrogen) atoms. The first-order valence-corrected chi connectivity index (χ1v) is 11.5. The van der Waals surface area contributed by atoms with E-state index in [1.807, 2.05) is 51.3 Å². The molecule has 1 amide bonds. The Morgan fingerprint density at radius 3 is 2.15 bits per heavy atom. The summed E-state index contributed by atoms with van der Waals surface area (Å²) in [5.41, 5.74) is 1.61. The maximum absolute atomic E-state index is 12.7. The summed E-state index contributed by atoms with van der Waals surface area (Å²) in [5.74, 6) is -0.211. The molecule has 0 spiro atoms. The number of carbonyl (C=O) groups is 1. The zero-order chi connectivity index (χ0) is 20.0. The summed E-state index contributed by atoms with van der Waals surface area (Å²) >= 11 is 1.61. The molecule has 0 bridgehead atoms. The summed E-state index contributed by atoms with van der Waals surface area (Å²) in [6.07, 6.45) is 2.38. The number of carbonyl (C=O) groups excluding carboxylic acids is 1. The van der Waals surface area contributed by atoms with Gasteiger partial charge in [0.25, 0.3) is 0 Å². The number of rotatable bonds is 8. The van der Waals surface area contributed by atoms with Crippen LogP contribution in [0.3, 0.4) is 0 Å². The van der Waals surface area contributed by atoms with Crippen molar-refractivity contribution in [2.24, 2.45) is 5.92 Å². The van der Waals surface area contributed by atoms with Gasteiger partial charge in [-0.05, 0) is 61.9 Å². The van der Waals surface area contributed by atoms with Crippen molar-refractivity contribution in [2.45, 2.75) is 43.0 Å². The van der Waals surface area contributed by atoms with Gasteiger partial charge >= 0.3 is 0 Å². The molecule has 2 aromatic carbocycles. The molecule has 0 saturated carbocycles. The van der Waals surface area contributed by atoms with E-state index in [0.29, 0.717) is 12.1 Å². The van der Waals surface area contributed by atoms with Crippen LogP contribution in [0.2, 0.25) is 0 Å². The van der Waals surface area contributed by atoms with Crippen LogP contribution < -0.4 is 10.0 Å². The largest absolute Gasteiger partial charge is 0.325 e. The lowest BCUT2D eigenvalue weighted by molar-refractivity contribution is -0.118. The number of aryl methyl sites for hydroxylation is 1. The number of hydrogen-bond acceptors (Lipinski definition) is 4. The predicted octanol–water partition coefficient (Wildman–Crippen LogP) is 4.05. The highest BCUT2D eigenvalue weighted by Gasteiger charge is 2.26. The van der Waals surface area contributed by atoms with Crippen molar-refractivity contribution in [3.05, 3.63) is 54.1 Å². The molecular weight excluding hydrogens is 380 g/mol.